The average molecular weight is 525 g/mol. The molecule has 0 atom stereocenters. The Balaban J connectivity index is 1.21. The van der Waals surface area contributed by atoms with Crippen molar-refractivity contribution >= 4 is 45.3 Å². The van der Waals surface area contributed by atoms with Crippen molar-refractivity contribution < 1.29 is 4.79 Å². The lowest BCUT2D eigenvalue weighted by Crippen LogP contribution is -2.44. The molecule has 192 valence electrons. The van der Waals surface area contributed by atoms with Crippen molar-refractivity contribution in [1.29, 1.82) is 0 Å². The van der Waals surface area contributed by atoms with E-state index >= 15 is 0 Å². The molecule has 0 radical (unpaired) electrons. The third kappa shape index (κ3) is 5.22. The van der Waals surface area contributed by atoms with Gasteiger partial charge in [0.2, 0.25) is 11.9 Å². The van der Waals surface area contributed by atoms with Crippen LogP contribution < -0.4 is 15.5 Å². The van der Waals surface area contributed by atoms with Gasteiger partial charge >= 0.3 is 0 Å². The van der Waals surface area contributed by atoms with Crippen molar-refractivity contribution in [3.63, 3.8) is 0 Å². The molecule has 6 rings (SSSR count). The number of imidazole rings is 1. The summed E-state index contributed by atoms with van der Waals surface area (Å²) >= 11 is 1.50. The molecule has 0 spiro atoms. The van der Waals surface area contributed by atoms with Crippen LogP contribution in [0.25, 0.3) is 16.3 Å². The Morgan fingerprint density at radius 1 is 0.974 bits per heavy atom. The van der Waals surface area contributed by atoms with Crippen molar-refractivity contribution in [2.45, 2.75) is 6.42 Å². The fourth-order valence-electron chi connectivity index (χ4n) is 4.58. The zero-order valence-electron chi connectivity index (χ0n) is 21.0. The highest BCUT2D eigenvalue weighted by atomic mass is 32.1. The van der Waals surface area contributed by atoms with E-state index in [1.54, 1.807) is 6.20 Å². The van der Waals surface area contributed by atoms with E-state index in [9.17, 15) is 4.79 Å². The molecule has 10 heteroatoms. The summed E-state index contributed by atoms with van der Waals surface area (Å²) in [4.78, 5) is 32.2. The number of likely N-dealkylation sites (N-methyl/N-ethyl adjacent to an activating group) is 1. The Labute approximate surface area is 224 Å². The second-order valence-corrected chi connectivity index (χ2v) is 10.2. The molecule has 1 saturated heterocycles. The molecule has 0 bridgehead atoms. The number of carbonyl (C=O) groups is 1. The monoisotopic (exact) mass is 524 g/mol. The van der Waals surface area contributed by atoms with Crippen LogP contribution in [0.2, 0.25) is 0 Å². The Kier molecular flexibility index (Phi) is 6.72. The number of carbonyl (C=O) groups excluding carboxylic acids is 1. The number of rotatable bonds is 7. The lowest BCUT2D eigenvalue weighted by atomic mass is 10.1. The van der Waals surface area contributed by atoms with Gasteiger partial charge in [0.1, 0.15) is 5.69 Å². The van der Waals surface area contributed by atoms with Gasteiger partial charge in [0.15, 0.2) is 10.8 Å². The molecule has 5 aromatic rings. The number of thiazole rings is 1. The smallest absolute Gasteiger partial charge is 0.230 e. The SMILES string of the molecule is CN1CCN(c2ccc(Nc3nccc(-c4c(NC(=O)Cc5ccccc5)nc5sccn45)n3)cc2)CC1. The molecule has 0 saturated carbocycles. The van der Waals surface area contributed by atoms with Gasteiger partial charge in [-0.3, -0.25) is 9.20 Å². The number of hydrogen-bond acceptors (Lipinski definition) is 8. The highest BCUT2D eigenvalue weighted by molar-refractivity contribution is 7.15. The van der Waals surface area contributed by atoms with Gasteiger partial charge in [-0.2, -0.15) is 0 Å². The molecule has 0 aliphatic carbocycles. The molecule has 9 nitrogen and oxygen atoms in total. The van der Waals surface area contributed by atoms with Crippen LogP contribution in [-0.4, -0.2) is 63.4 Å². The maximum atomic E-state index is 12.8. The number of nitrogens with one attached hydrogen (secondary N) is 2. The fourth-order valence-corrected chi connectivity index (χ4v) is 5.29. The number of benzene rings is 2. The van der Waals surface area contributed by atoms with Crippen LogP contribution in [0.3, 0.4) is 0 Å². The van der Waals surface area contributed by atoms with Crippen LogP contribution in [0, 0.1) is 0 Å². The van der Waals surface area contributed by atoms with Crippen LogP contribution in [-0.2, 0) is 11.2 Å². The number of anilines is 4. The Morgan fingerprint density at radius 3 is 2.55 bits per heavy atom. The average Bonchev–Trinajstić information content (AvgIpc) is 3.51. The van der Waals surface area contributed by atoms with Gasteiger partial charge in [-0.25, -0.2) is 15.0 Å². The van der Waals surface area contributed by atoms with Crippen LogP contribution in [0.1, 0.15) is 5.56 Å². The number of hydrogen-bond donors (Lipinski definition) is 2. The minimum atomic E-state index is -0.129. The van der Waals surface area contributed by atoms with Gasteiger partial charge in [0.25, 0.3) is 0 Å². The van der Waals surface area contributed by atoms with E-state index in [0.717, 1.165) is 48.1 Å². The second kappa shape index (κ2) is 10.6. The first kappa shape index (κ1) is 24.1. The quantitative estimate of drug-likeness (QED) is 0.323. The largest absolute Gasteiger partial charge is 0.369 e. The van der Waals surface area contributed by atoms with E-state index in [-0.39, 0.29) is 12.3 Å². The first-order valence-corrected chi connectivity index (χ1v) is 13.4. The molecule has 4 heterocycles. The number of nitrogens with zero attached hydrogens (tertiary/aromatic N) is 6. The summed E-state index contributed by atoms with van der Waals surface area (Å²) < 4.78 is 1.94. The van der Waals surface area contributed by atoms with Crippen LogP contribution in [0.15, 0.2) is 78.4 Å². The maximum absolute atomic E-state index is 12.8. The third-order valence-corrected chi connectivity index (χ3v) is 7.37. The zero-order chi connectivity index (χ0) is 25.9. The van der Waals surface area contributed by atoms with E-state index in [0.29, 0.717) is 17.5 Å². The summed E-state index contributed by atoms with van der Waals surface area (Å²) in [7, 11) is 2.16. The van der Waals surface area contributed by atoms with Gasteiger partial charge in [-0.1, -0.05) is 30.3 Å². The normalized spacial score (nSPS) is 14.1. The lowest BCUT2D eigenvalue weighted by Gasteiger charge is -2.34. The molecule has 38 heavy (non-hydrogen) atoms. The van der Waals surface area contributed by atoms with E-state index in [1.165, 1.54) is 17.0 Å². The van der Waals surface area contributed by atoms with Crippen molar-refractivity contribution in [3.8, 4) is 11.4 Å². The highest BCUT2D eigenvalue weighted by Gasteiger charge is 2.19. The minimum Gasteiger partial charge on any atom is -0.369 e. The first-order chi connectivity index (χ1) is 18.6. The molecule has 1 amide bonds. The molecular formula is C28H28N8OS. The predicted octanol–water partition coefficient (Wildman–Crippen LogP) is 4.53. The van der Waals surface area contributed by atoms with E-state index in [4.69, 9.17) is 4.98 Å². The van der Waals surface area contributed by atoms with Crippen molar-refractivity contribution in [2.75, 3.05) is 48.8 Å². The number of fused-ring (bicyclic) bond motifs is 1. The molecule has 2 N–H and O–H groups in total. The molecule has 1 fully saturated rings. The number of amides is 1. The molecule has 3 aromatic heterocycles. The zero-order valence-corrected chi connectivity index (χ0v) is 21.9. The maximum Gasteiger partial charge on any atom is 0.230 e. The first-order valence-electron chi connectivity index (χ1n) is 12.6. The Bertz CT molecular complexity index is 1540. The topological polar surface area (TPSA) is 90.7 Å². The molecule has 0 unspecified atom stereocenters. The van der Waals surface area contributed by atoms with E-state index < -0.39 is 0 Å². The van der Waals surface area contributed by atoms with Gasteiger partial charge in [-0.15, -0.1) is 11.3 Å². The summed E-state index contributed by atoms with van der Waals surface area (Å²) in [6.07, 6.45) is 3.91. The summed E-state index contributed by atoms with van der Waals surface area (Å²) in [6, 6.07) is 19.9. The van der Waals surface area contributed by atoms with Crippen LogP contribution >= 0.6 is 11.3 Å². The van der Waals surface area contributed by atoms with E-state index in [2.05, 4.69) is 61.7 Å². The van der Waals surface area contributed by atoms with Crippen molar-refractivity contribution in [1.82, 2.24) is 24.3 Å². The highest BCUT2D eigenvalue weighted by Crippen LogP contribution is 2.31. The summed E-state index contributed by atoms with van der Waals surface area (Å²) in [5.74, 6) is 0.830. The number of piperazine rings is 1. The summed E-state index contributed by atoms with van der Waals surface area (Å²) in [5.41, 5.74) is 4.45. The van der Waals surface area contributed by atoms with Crippen LogP contribution in [0.4, 0.5) is 23.1 Å². The standard InChI is InChI=1S/C28H28N8OS/c1-34-13-15-35(16-14-34)22-9-7-21(8-10-22)30-27-29-12-11-23(31-27)25-26(33-28-36(25)17-18-38-28)32-24(37)19-20-5-3-2-4-6-20/h2-12,17-18H,13-16,19H2,1H3,(H,32,37)(H,29,30,31). The second-order valence-electron chi connectivity index (χ2n) is 9.30. The Morgan fingerprint density at radius 2 is 1.76 bits per heavy atom. The predicted molar refractivity (Wildman–Crippen MR) is 152 cm³/mol. The number of aromatic nitrogens is 4. The van der Waals surface area contributed by atoms with Gasteiger partial charge in [0, 0.05) is 55.3 Å². The summed E-state index contributed by atoms with van der Waals surface area (Å²) in [5, 5.41) is 8.27. The molecule has 1 aliphatic rings. The third-order valence-electron chi connectivity index (χ3n) is 6.62. The molecular weight excluding hydrogens is 496 g/mol. The van der Waals surface area contributed by atoms with E-state index in [1.807, 2.05) is 52.4 Å². The Hall–Kier alpha value is -4.28. The molecule has 1 aliphatic heterocycles. The van der Waals surface area contributed by atoms with Gasteiger partial charge < -0.3 is 20.4 Å². The van der Waals surface area contributed by atoms with Gasteiger partial charge in [-0.05, 0) is 42.9 Å². The minimum absolute atomic E-state index is 0.129. The van der Waals surface area contributed by atoms with Gasteiger partial charge in [0.05, 0.1) is 12.1 Å². The lowest BCUT2D eigenvalue weighted by molar-refractivity contribution is -0.115. The fraction of sp³-hybridized carbons (Fsp3) is 0.214. The van der Waals surface area contributed by atoms with Crippen molar-refractivity contribution in [2.24, 2.45) is 0 Å². The van der Waals surface area contributed by atoms with Crippen molar-refractivity contribution in [3.05, 3.63) is 84.0 Å². The van der Waals surface area contributed by atoms with Crippen LogP contribution in [0.5, 0.6) is 0 Å². The summed E-state index contributed by atoms with van der Waals surface area (Å²) in [6.45, 7) is 4.20. The molecule has 2 aromatic carbocycles.